The van der Waals surface area contributed by atoms with Gasteiger partial charge in [-0.05, 0) is 35.4 Å². The fraction of sp³-hybridized carbons (Fsp3) is 0.118. The lowest BCUT2D eigenvalue weighted by molar-refractivity contribution is -0.139. The van der Waals surface area contributed by atoms with Gasteiger partial charge in [0, 0.05) is 6.54 Å². The van der Waals surface area contributed by atoms with Gasteiger partial charge in [0.1, 0.15) is 5.82 Å². The van der Waals surface area contributed by atoms with Crippen molar-refractivity contribution in [2.45, 2.75) is 6.54 Å². The zero-order chi connectivity index (χ0) is 17.6. The van der Waals surface area contributed by atoms with Gasteiger partial charge in [0.2, 0.25) is 6.79 Å². The van der Waals surface area contributed by atoms with E-state index in [1.807, 2.05) is 0 Å². The van der Waals surface area contributed by atoms with Crippen LogP contribution in [0.2, 0.25) is 0 Å². The van der Waals surface area contributed by atoms with Gasteiger partial charge in [0.25, 0.3) is 0 Å². The SMILES string of the molecule is O=C(NCc1ccc2c(c1)OCO2)C(=O)N/N=C\c1ccc(F)cc1. The zero-order valence-electron chi connectivity index (χ0n) is 13.0. The lowest BCUT2D eigenvalue weighted by Crippen LogP contribution is -2.37. The molecule has 1 heterocycles. The number of carbonyl (C=O) groups excluding carboxylic acids is 2. The number of hydrazone groups is 1. The third kappa shape index (κ3) is 4.31. The van der Waals surface area contributed by atoms with Crippen LogP contribution < -0.4 is 20.2 Å². The average Bonchev–Trinajstić information content (AvgIpc) is 3.09. The van der Waals surface area contributed by atoms with Crippen LogP contribution in [-0.2, 0) is 16.1 Å². The summed E-state index contributed by atoms with van der Waals surface area (Å²) < 4.78 is 23.2. The van der Waals surface area contributed by atoms with Crippen LogP contribution in [0.3, 0.4) is 0 Å². The van der Waals surface area contributed by atoms with Crippen molar-refractivity contribution >= 4 is 18.0 Å². The highest BCUT2D eigenvalue weighted by molar-refractivity contribution is 6.35. The number of ether oxygens (including phenoxy) is 2. The normalized spacial score (nSPS) is 12.2. The van der Waals surface area contributed by atoms with E-state index in [-0.39, 0.29) is 19.2 Å². The summed E-state index contributed by atoms with van der Waals surface area (Å²) in [4.78, 5) is 23.4. The second kappa shape index (κ2) is 7.43. The molecule has 25 heavy (non-hydrogen) atoms. The summed E-state index contributed by atoms with van der Waals surface area (Å²) in [7, 11) is 0. The summed E-state index contributed by atoms with van der Waals surface area (Å²) in [5, 5.41) is 6.13. The van der Waals surface area contributed by atoms with E-state index in [9.17, 15) is 14.0 Å². The van der Waals surface area contributed by atoms with Crippen LogP contribution in [0, 0.1) is 5.82 Å². The summed E-state index contributed by atoms with van der Waals surface area (Å²) >= 11 is 0. The van der Waals surface area contributed by atoms with Crippen LogP contribution >= 0.6 is 0 Å². The third-order valence-electron chi connectivity index (χ3n) is 3.35. The molecule has 0 fully saturated rings. The fourth-order valence-electron chi connectivity index (χ4n) is 2.08. The molecule has 0 radical (unpaired) electrons. The van der Waals surface area contributed by atoms with E-state index in [1.54, 1.807) is 18.2 Å². The Balaban J connectivity index is 1.47. The van der Waals surface area contributed by atoms with Crippen molar-refractivity contribution in [3.05, 3.63) is 59.4 Å². The fourth-order valence-corrected chi connectivity index (χ4v) is 2.08. The predicted octanol–water partition coefficient (Wildman–Crippen LogP) is 1.32. The molecule has 0 saturated carbocycles. The Bertz CT molecular complexity index is 821. The number of amides is 2. The van der Waals surface area contributed by atoms with Crippen molar-refractivity contribution in [3.63, 3.8) is 0 Å². The minimum atomic E-state index is -0.904. The molecule has 8 heteroatoms. The van der Waals surface area contributed by atoms with Gasteiger partial charge in [-0.3, -0.25) is 9.59 Å². The van der Waals surface area contributed by atoms with E-state index >= 15 is 0 Å². The Labute approximate surface area is 142 Å². The highest BCUT2D eigenvalue weighted by Gasteiger charge is 2.15. The summed E-state index contributed by atoms with van der Waals surface area (Å²) in [6, 6.07) is 10.7. The number of hydrogen-bond donors (Lipinski definition) is 2. The first-order valence-corrected chi connectivity index (χ1v) is 7.37. The maximum Gasteiger partial charge on any atom is 0.329 e. The zero-order valence-corrected chi connectivity index (χ0v) is 13.0. The van der Waals surface area contributed by atoms with Crippen molar-refractivity contribution in [2.24, 2.45) is 5.10 Å². The largest absolute Gasteiger partial charge is 0.454 e. The molecule has 1 aliphatic rings. The molecule has 0 atom stereocenters. The molecule has 0 unspecified atom stereocenters. The van der Waals surface area contributed by atoms with Crippen LogP contribution in [-0.4, -0.2) is 24.8 Å². The molecule has 0 saturated heterocycles. The Morgan fingerprint density at radius 2 is 1.84 bits per heavy atom. The maximum absolute atomic E-state index is 12.8. The molecular formula is C17H14FN3O4. The van der Waals surface area contributed by atoms with Gasteiger partial charge in [-0.15, -0.1) is 0 Å². The van der Waals surface area contributed by atoms with Crippen molar-refractivity contribution in [1.82, 2.24) is 10.7 Å². The molecule has 0 spiro atoms. The minimum Gasteiger partial charge on any atom is -0.454 e. The van der Waals surface area contributed by atoms with E-state index in [4.69, 9.17) is 9.47 Å². The first-order chi connectivity index (χ1) is 12.1. The summed E-state index contributed by atoms with van der Waals surface area (Å²) in [6.07, 6.45) is 1.31. The van der Waals surface area contributed by atoms with Crippen LogP contribution in [0.4, 0.5) is 4.39 Å². The Hall–Kier alpha value is -3.42. The second-order valence-electron chi connectivity index (χ2n) is 5.12. The molecule has 1 aliphatic heterocycles. The van der Waals surface area contributed by atoms with E-state index in [0.717, 1.165) is 5.56 Å². The Morgan fingerprint density at radius 3 is 2.64 bits per heavy atom. The lowest BCUT2D eigenvalue weighted by Gasteiger charge is -2.05. The quantitative estimate of drug-likeness (QED) is 0.498. The summed E-state index contributed by atoms with van der Waals surface area (Å²) in [6.45, 7) is 0.324. The molecular weight excluding hydrogens is 329 g/mol. The monoisotopic (exact) mass is 343 g/mol. The number of benzene rings is 2. The van der Waals surface area contributed by atoms with Crippen LogP contribution in [0.1, 0.15) is 11.1 Å². The molecule has 0 aliphatic carbocycles. The molecule has 0 aromatic heterocycles. The molecule has 3 rings (SSSR count). The number of rotatable bonds is 4. The van der Waals surface area contributed by atoms with Gasteiger partial charge in [-0.2, -0.15) is 5.10 Å². The lowest BCUT2D eigenvalue weighted by atomic mass is 10.2. The van der Waals surface area contributed by atoms with E-state index in [1.165, 1.54) is 30.5 Å². The van der Waals surface area contributed by atoms with Crippen molar-refractivity contribution in [2.75, 3.05) is 6.79 Å². The second-order valence-corrected chi connectivity index (χ2v) is 5.12. The van der Waals surface area contributed by atoms with E-state index in [2.05, 4.69) is 15.8 Å². The van der Waals surface area contributed by atoms with E-state index in [0.29, 0.717) is 17.1 Å². The summed E-state index contributed by atoms with van der Waals surface area (Å²) in [5.41, 5.74) is 3.45. The number of carbonyl (C=O) groups is 2. The molecule has 2 aromatic carbocycles. The average molecular weight is 343 g/mol. The third-order valence-corrected chi connectivity index (χ3v) is 3.35. The molecule has 128 valence electrons. The molecule has 0 bridgehead atoms. The number of halogens is 1. The number of nitrogens with zero attached hydrogens (tertiary/aromatic N) is 1. The highest BCUT2D eigenvalue weighted by atomic mass is 19.1. The molecule has 2 aromatic rings. The first-order valence-electron chi connectivity index (χ1n) is 7.37. The topological polar surface area (TPSA) is 89.0 Å². The van der Waals surface area contributed by atoms with Crippen molar-refractivity contribution in [1.29, 1.82) is 0 Å². The van der Waals surface area contributed by atoms with Gasteiger partial charge >= 0.3 is 11.8 Å². The van der Waals surface area contributed by atoms with Gasteiger partial charge < -0.3 is 14.8 Å². The van der Waals surface area contributed by atoms with Crippen LogP contribution in [0.5, 0.6) is 11.5 Å². The maximum atomic E-state index is 12.8. The van der Waals surface area contributed by atoms with Crippen molar-refractivity contribution < 1.29 is 23.5 Å². The van der Waals surface area contributed by atoms with Gasteiger partial charge in [-0.25, -0.2) is 9.82 Å². The Kier molecular flexibility index (Phi) is 4.89. The van der Waals surface area contributed by atoms with Gasteiger partial charge in [0.15, 0.2) is 11.5 Å². The van der Waals surface area contributed by atoms with Crippen LogP contribution in [0.15, 0.2) is 47.6 Å². The number of fused-ring (bicyclic) bond motifs is 1. The Morgan fingerprint density at radius 1 is 1.08 bits per heavy atom. The standard InChI is InChI=1S/C17H14FN3O4/c18-13-4-1-11(2-5-13)9-20-21-17(23)16(22)19-8-12-3-6-14-15(7-12)25-10-24-14/h1-7,9H,8,10H2,(H,19,22)(H,21,23)/b20-9-. The molecule has 2 amide bonds. The number of nitrogens with one attached hydrogen (secondary N) is 2. The predicted molar refractivity (Wildman–Crippen MR) is 86.5 cm³/mol. The molecule has 7 nitrogen and oxygen atoms in total. The smallest absolute Gasteiger partial charge is 0.329 e. The summed E-state index contributed by atoms with van der Waals surface area (Å²) in [5.74, 6) is -0.861. The molecule has 2 N–H and O–H groups in total. The van der Waals surface area contributed by atoms with E-state index < -0.39 is 11.8 Å². The number of hydrogen-bond acceptors (Lipinski definition) is 5. The van der Waals surface area contributed by atoms with Crippen LogP contribution in [0.25, 0.3) is 0 Å². The van der Waals surface area contributed by atoms with Gasteiger partial charge in [0.05, 0.1) is 6.21 Å². The first kappa shape index (κ1) is 16.4. The van der Waals surface area contributed by atoms with Crippen molar-refractivity contribution in [3.8, 4) is 11.5 Å². The highest BCUT2D eigenvalue weighted by Crippen LogP contribution is 2.32. The van der Waals surface area contributed by atoms with Gasteiger partial charge in [-0.1, -0.05) is 18.2 Å². The minimum absolute atomic E-state index is 0.157.